The van der Waals surface area contributed by atoms with Gasteiger partial charge in [-0.25, -0.2) is 9.97 Å². The molecule has 0 unspecified atom stereocenters. The summed E-state index contributed by atoms with van der Waals surface area (Å²) in [6.07, 6.45) is 6.48. The monoisotopic (exact) mass is 267 g/mol. The number of hydrogen-bond donors (Lipinski definition) is 1. The van der Waals surface area contributed by atoms with Gasteiger partial charge in [0.1, 0.15) is 5.82 Å². The first-order valence-corrected chi connectivity index (χ1v) is 6.09. The lowest BCUT2D eigenvalue weighted by Crippen LogP contribution is -1.87. The highest BCUT2D eigenvalue weighted by Gasteiger charge is 2.03. The van der Waals surface area contributed by atoms with E-state index in [4.69, 9.17) is 0 Å². The van der Waals surface area contributed by atoms with Crippen molar-refractivity contribution in [2.24, 2.45) is 0 Å². The number of rotatable bonds is 4. The smallest absolute Gasteiger partial charge is 0.177 e. The quantitative estimate of drug-likeness (QED) is 0.863. The zero-order chi connectivity index (χ0) is 10.7. The minimum Gasteiger partial charge on any atom is -0.341 e. The molecule has 0 aliphatic carbocycles. The molecule has 1 N–H and O–H groups in total. The Kier molecular flexibility index (Phi) is 3.36. The molecule has 0 aromatic carbocycles. The molecule has 0 spiro atoms. The summed E-state index contributed by atoms with van der Waals surface area (Å²) in [6, 6.07) is 2.01. The van der Waals surface area contributed by atoms with E-state index in [9.17, 15) is 0 Å². The van der Waals surface area contributed by atoms with Crippen LogP contribution in [0.25, 0.3) is 11.2 Å². The number of unbranched alkanes of at least 4 members (excludes halogenated alkanes) is 2. The fourth-order valence-corrected chi connectivity index (χ4v) is 1.92. The van der Waals surface area contributed by atoms with Gasteiger partial charge in [-0.05, 0) is 28.4 Å². The highest BCUT2D eigenvalue weighted by Crippen LogP contribution is 2.15. The molecule has 0 aliphatic heterocycles. The summed E-state index contributed by atoms with van der Waals surface area (Å²) < 4.78 is 0.985. The minimum absolute atomic E-state index is 0.810. The second kappa shape index (κ2) is 4.75. The Morgan fingerprint density at radius 3 is 3.07 bits per heavy atom. The number of aromatic nitrogens is 3. The summed E-state index contributed by atoms with van der Waals surface area (Å²) >= 11 is 3.40. The molecule has 0 fully saturated rings. The minimum atomic E-state index is 0.810. The van der Waals surface area contributed by atoms with Crippen LogP contribution in [0.15, 0.2) is 16.7 Å². The molecule has 80 valence electrons. The van der Waals surface area contributed by atoms with Crippen molar-refractivity contribution in [2.45, 2.75) is 32.6 Å². The molecule has 2 rings (SSSR count). The number of nitrogens with zero attached hydrogens (tertiary/aromatic N) is 2. The molecule has 0 aliphatic rings. The number of nitrogens with one attached hydrogen (secondary N) is 1. The fourth-order valence-electron chi connectivity index (χ4n) is 1.59. The van der Waals surface area contributed by atoms with Crippen LogP contribution in [0.2, 0.25) is 0 Å². The van der Waals surface area contributed by atoms with Crippen LogP contribution >= 0.6 is 15.9 Å². The van der Waals surface area contributed by atoms with Gasteiger partial charge in [0.15, 0.2) is 5.65 Å². The summed E-state index contributed by atoms with van der Waals surface area (Å²) in [6.45, 7) is 2.21. The lowest BCUT2D eigenvalue weighted by Gasteiger charge is -1.93. The summed E-state index contributed by atoms with van der Waals surface area (Å²) in [5, 5.41) is 0. The van der Waals surface area contributed by atoms with Crippen molar-refractivity contribution in [3.8, 4) is 0 Å². The van der Waals surface area contributed by atoms with Gasteiger partial charge < -0.3 is 4.98 Å². The first-order chi connectivity index (χ1) is 7.29. The van der Waals surface area contributed by atoms with Gasteiger partial charge in [-0.15, -0.1) is 0 Å². The van der Waals surface area contributed by atoms with Crippen molar-refractivity contribution in [3.63, 3.8) is 0 Å². The van der Waals surface area contributed by atoms with Crippen LogP contribution in [0.4, 0.5) is 0 Å². The molecule has 0 saturated heterocycles. The number of aromatic amines is 1. The molecule has 2 aromatic rings. The third-order valence-electron chi connectivity index (χ3n) is 2.37. The number of aryl methyl sites for hydroxylation is 1. The number of hydrogen-bond acceptors (Lipinski definition) is 2. The summed E-state index contributed by atoms with van der Waals surface area (Å²) in [5.41, 5.74) is 1.82. The zero-order valence-electron chi connectivity index (χ0n) is 8.76. The van der Waals surface area contributed by atoms with Crippen LogP contribution < -0.4 is 0 Å². The van der Waals surface area contributed by atoms with E-state index < -0.39 is 0 Å². The predicted molar refractivity (Wildman–Crippen MR) is 64.8 cm³/mol. The zero-order valence-corrected chi connectivity index (χ0v) is 10.3. The first kappa shape index (κ1) is 10.6. The average Bonchev–Trinajstić information content (AvgIpc) is 2.60. The van der Waals surface area contributed by atoms with Crippen molar-refractivity contribution in [3.05, 3.63) is 22.6 Å². The Morgan fingerprint density at radius 1 is 1.40 bits per heavy atom. The van der Waals surface area contributed by atoms with Crippen LogP contribution in [0.3, 0.4) is 0 Å². The Bertz CT molecular complexity index is 450. The van der Waals surface area contributed by atoms with E-state index in [0.29, 0.717) is 0 Å². The van der Waals surface area contributed by atoms with Crippen molar-refractivity contribution < 1.29 is 0 Å². The molecule has 4 heteroatoms. The van der Waals surface area contributed by atoms with E-state index in [1.165, 1.54) is 19.3 Å². The number of fused-ring (bicyclic) bond motifs is 1. The summed E-state index contributed by atoms with van der Waals surface area (Å²) in [4.78, 5) is 12.0. The molecule has 0 saturated carbocycles. The molecule has 0 atom stereocenters. The molecular formula is C11H14BrN3. The third kappa shape index (κ3) is 2.56. The van der Waals surface area contributed by atoms with E-state index in [1.54, 1.807) is 6.20 Å². The van der Waals surface area contributed by atoms with Gasteiger partial charge in [0.25, 0.3) is 0 Å². The largest absolute Gasteiger partial charge is 0.341 e. The second-order valence-corrected chi connectivity index (χ2v) is 4.58. The molecule has 2 aromatic heterocycles. The SMILES string of the molecule is CCCCCc1nc2ncc(Br)cc2[nH]1. The van der Waals surface area contributed by atoms with Crippen LogP contribution in [-0.4, -0.2) is 15.0 Å². The standard InChI is InChI=1S/C11H14BrN3/c1-2-3-4-5-10-14-9-6-8(12)7-13-11(9)15-10/h6-7H,2-5H2,1H3,(H,13,14,15). The summed E-state index contributed by atoms with van der Waals surface area (Å²) in [7, 11) is 0. The lowest BCUT2D eigenvalue weighted by atomic mass is 10.2. The maximum absolute atomic E-state index is 4.44. The molecule has 0 amide bonds. The summed E-state index contributed by atoms with van der Waals surface area (Å²) in [5.74, 6) is 1.05. The molecule has 0 bridgehead atoms. The van der Waals surface area contributed by atoms with Crippen molar-refractivity contribution in [1.29, 1.82) is 0 Å². The fraction of sp³-hybridized carbons (Fsp3) is 0.455. The van der Waals surface area contributed by atoms with Crippen LogP contribution in [0.5, 0.6) is 0 Å². The van der Waals surface area contributed by atoms with Gasteiger partial charge in [0, 0.05) is 17.1 Å². The van der Waals surface area contributed by atoms with Gasteiger partial charge in [-0.2, -0.15) is 0 Å². The van der Waals surface area contributed by atoms with Gasteiger partial charge in [0.2, 0.25) is 0 Å². The normalized spacial score (nSPS) is 11.1. The Labute approximate surface area is 97.5 Å². The second-order valence-electron chi connectivity index (χ2n) is 3.67. The van der Waals surface area contributed by atoms with Gasteiger partial charge in [-0.3, -0.25) is 0 Å². The molecule has 15 heavy (non-hydrogen) atoms. The first-order valence-electron chi connectivity index (χ1n) is 5.29. The number of H-pyrrole nitrogens is 1. The maximum atomic E-state index is 4.44. The van der Waals surface area contributed by atoms with Crippen LogP contribution in [0, 0.1) is 0 Å². The van der Waals surface area contributed by atoms with E-state index in [2.05, 4.69) is 37.8 Å². The van der Waals surface area contributed by atoms with Crippen LogP contribution in [-0.2, 0) is 6.42 Å². The van der Waals surface area contributed by atoms with Crippen LogP contribution in [0.1, 0.15) is 32.0 Å². The Hall–Kier alpha value is -0.900. The van der Waals surface area contributed by atoms with Gasteiger partial charge in [0.05, 0.1) is 5.52 Å². The van der Waals surface area contributed by atoms with E-state index >= 15 is 0 Å². The third-order valence-corrected chi connectivity index (χ3v) is 2.80. The van der Waals surface area contributed by atoms with E-state index in [0.717, 1.165) is 27.9 Å². The van der Waals surface area contributed by atoms with Crippen molar-refractivity contribution in [2.75, 3.05) is 0 Å². The molecule has 2 heterocycles. The predicted octanol–water partition coefficient (Wildman–Crippen LogP) is 3.45. The molecule has 0 radical (unpaired) electrons. The lowest BCUT2D eigenvalue weighted by molar-refractivity contribution is 0.700. The molecular weight excluding hydrogens is 254 g/mol. The van der Waals surface area contributed by atoms with Crippen molar-refractivity contribution >= 4 is 27.1 Å². The topological polar surface area (TPSA) is 41.6 Å². The molecule has 3 nitrogen and oxygen atoms in total. The van der Waals surface area contributed by atoms with Gasteiger partial charge >= 0.3 is 0 Å². The van der Waals surface area contributed by atoms with E-state index in [1.807, 2.05) is 6.07 Å². The van der Waals surface area contributed by atoms with E-state index in [-0.39, 0.29) is 0 Å². The number of halogens is 1. The average molecular weight is 268 g/mol. The highest BCUT2D eigenvalue weighted by molar-refractivity contribution is 9.10. The Morgan fingerprint density at radius 2 is 2.27 bits per heavy atom. The van der Waals surface area contributed by atoms with Crippen molar-refractivity contribution in [1.82, 2.24) is 15.0 Å². The maximum Gasteiger partial charge on any atom is 0.177 e. The number of imidazole rings is 1. The number of pyridine rings is 1. The van der Waals surface area contributed by atoms with Gasteiger partial charge in [-0.1, -0.05) is 19.8 Å². The Balaban J connectivity index is 2.16. The highest BCUT2D eigenvalue weighted by atomic mass is 79.9.